The minimum absolute atomic E-state index is 0.0715. The zero-order chi connectivity index (χ0) is 17.1. The van der Waals surface area contributed by atoms with E-state index in [0.29, 0.717) is 24.6 Å². The first-order valence-corrected chi connectivity index (χ1v) is 7.99. The SMILES string of the molecule is COc1cc(CC(=O)N2CCC(c3ccc(O)cc3)C2)ccc1O. The number of likely N-dealkylation sites (tertiary alicyclic amines) is 1. The number of amides is 1. The highest BCUT2D eigenvalue weighted by atomic mass is 16.5. The fourth-order valence-electron chi connectivity index (χ4n) is 3.12. The number of rotatable bonds is 4. The standard InChI is InChI=1S/C19H21NO4/c1-24-18-10-13(2-7-17(18)22)11-19(23)20-9-8-15(12-20)14-3-5-16(21)6-4-14/h2-7,10,15,21-22H,8-9,11-12H2,1H3. The molecule has 2 aromatic rings. The Bertz CT molecular complexity index is 727. The zero-order valence-electron chi connectivity index (χ0n) is 13.6. The number of methoxy groups -OCH3 is 1. The Morgan fingerprint density at radius 2 is 1.96 bits per heavy atom. The molecule has 5 heteroatoms. The molecule has 0 aromatic heterocycles. The zero-order valence-corrected chi connectivity index (χ0v) is 13.6. The van der Waals surface area contributed by atoms with Gasteiger partial charge in [-0.2, -0.15) is 0 Å². The van der Waals surface area contributed by atoms with Crippen LogP contribution in [0.3, 0.4) is 0 Å². The van der Waals surface area contributed by atoms with E-state index in [2.05, 4.69) is 0 Å². The summed E-state index contributed by atoms with van der Waals surface area (Å²) in [6.45, 7) is 1.43. The van der Waals surface area contributed by atoms with E-state index in [1.165, 1.54) is 7.11 Å². The van der Waals surface area contributed by atoms with Crippen LogP contribution in [-0.2, 0) is 11.2 Å². The second-order valence-corrected chi connectivity index (χ2v) is 6.10. The normalized spacial score (nSPS) is 17.0. The molecule has 0 saturated carbocycles. The predicted octanol–water partition coefficient (Wildman–Crippen LogP) is 2.67. The van der Waals surface area contributed by atoms with E-state index in [1.807, 2.05) is 17.0 Å². The van der Waals surface area contributed by atoms with E-state index in [0.717, 1.165) is 24.1 Å². The van der Waals surface area contributed by atoms with Gasteiger partial charge in [0.25, 0.3) is 0 Å². The quantitative estimate of drug-likeness (QED) is 0.906. The molecule has 126 valence electrons. The van der Waals surface area contributed by atoms with Crippen LogP contribution in [0.2, 0.25) is 0 Å². The molecule has 2 N–H and O–H groups in total. The lowest BCUT2D eigenvalue weighted by Gasteiger charge is -2.17. The van der Waals surface area contributed by atoms with Gasteiger partial charge in [0.1, 0.15) is 5.75 Å². The lowest BCUT2D eigenvalue weighted by Crippen LogP contribution is -2.29. The molecular weight excluding hydrogens is 306 g/mol. The summed E-state index contributed by atoms with van der Waals surface area (Å²) < 4.78 is 5.08. The molecule has 1 aliphatic heterocycles. The van der Waals surface area contributed by atoms with Crippen LogP contribution >= 0.6 is 0 Å². The number of aromatic hydroxyl groups is 2. The average Bonchev–Trinajstić information content (AvgIpc) is 3.07. The van der Waals surface area contributed by atoms with Crippen molar-refractivity contribution in [3.8, 4) is 17.2 Å². The second kappa shape index (κ2) is 6.83. The van der Waals surface area contributed by atoms with E-state index in [9.17, 15) is 15.0 Å². The monoisotopic (exact) mass is 327 g/mol. The number of carbonyl (C=O) groups excluding carboxylic acids is 1. The average molecular weight is 327 g/mol. The molecule has 0 aliphatic carbocycles. The molecule has 1 atom stereocenters. The van der Waals surface area contributed by atoms with E-state index in [-0.39, 0.29) is 17.4 Å². The van der Waals surface area contributed by atoms with Gasteiger partial charge in [-0.25, -0.2) is 0 Å². The van der Waals surface area contributed by atoms with Crippen LogP contribution in [0.15, 0.2) is 42.5 Å². The summed E-state index contributed by atoms with van der Waals surface area (Å²) in [5, 5.41) is 19.0. The summed E-state index contributed by atoms with van der Waals surface area (Å²) in [5.41, 5.74) is 1.97. The van der Waals surface area contributed by atoms with Crippen LogP contribution < -0.4 is 4.74 Å². The number of hydrogen-bond donors (Lipinski definition) is 2. The number of hydrogen-bond acceptors (Lipinski definition) is 4. The highest BCUT2D eigenvalue weighted by Gasteiger charge is 2.27. The number of ether oxygens (including phenoxy) is 1. The Balaban J connectivity index is 1.63. The lowest BCUT2D eigenvalue weighted by atomic mass is 9.98. The highest BCUT2D eigenvalue weighted by molar-refractivity contribution is 5.79. The highest BCUT2D eigenvalue weighted by Crippen LogP contribution is 2.30. The summed E-state index contributed by atoms with van der Waals surface area (Å²) >= 11 is 0. The molecule has 0 spiro atoms. The molecule has 2 aromatic carbocycles. The molecule has 1 unspecified atom stereocenters. The molecule has 5 nitrogen and oxygen atoms in total. The fourth-order valence-corrected chi connectivity index (χ4v) is 3.12. The first-order chi connectivity index (χ1) is 11.6. The largest absolute Gasteiger partial charge is 0.508 e. The van der Waals surface area contributed by atoms with Crippen molar-refractivity contribution >= 4 is 5.91 Å². The minimum atomic E-state index is 0.0715. The smallest absolute Gasteiger partial charge is 0.227 e. The van der Waals surface area contributed by atoms with Gasteiger partial charge in [0, 0.05) is 19.0 Å². The lowest BCUT2D eigenvalue weighted by molar-refractivity contribution is -0.129. The molecule has 3 rings (SSSR count). The van der Waals surface area contributed by atoms with Gasteiger partial charge in [-0.05, 0) is 41.8 Å². The topological polar surface area (TPSA) is 70.0 Å². The summed E-state index contributed by atoms with van der Waals surface area (Å²) in [7, 11) is 1.49. The number of carbonyl (C=O) groups is 1. The molecule has 24 heavy (non-hydrogen) atoms. The van der Waals surface area contributed by atoms with Crippen molar-refractivity contribution in [3.63, 3.8) is 0 Å². The van der Waals surface area contributed by atoms with Crippen molar-refractivity contribution < 1.29 is 19.7 Å². The third-order valence-electron chi connectivity index (χ3n) is 4.50. The van der Waals surface area contributed by atoms with Crippen LogP contribution in [0.25, 0.3) is 0 Å². The Morgan fingerprint density at radius 3 is 2.67 bits per heavy atom. The first kappa shape index (κ1) is 16.2. The van der Waals surface area contributed by atoms with Crippen LogP contribution in [0, 0.1) is 0 Å². The molecule has 1 fully saturated rings. The molecule has 1 heterocycles. The van der Waals surface area contributed by atoms with Crippen LogP contribution in [-0.4, -0.2) is 41.2 Å². The molecule has 1 saturated heterocycles. The van der Waals surface area contributed by atoms with Crippen molar-refractivity contribution in [1.82, 2.24) is 4.90 Å². The van der Waals surface area contributed by atoms with Crippen molar-refractivity contribution in [1.29, 1.82) is 0 Å². The van der Waals surface area contributed by atoms with Crippen molar-refractivity contribution in [3.05, 3.63) is 53.6 Å². The number of benzene rings is 2. The predicted molar refractivity (Wildman–Crippen MR) is 90.4 cm³/mol. The summed E-state index contributed by atoms with van der Waals surface area (Å²) in [4.78, 5) is 14.4. The van der Waals surface area contributed by atoms with Gasteiger partial charge in [-0.15, -0.1) is 0 Å². The van der Waals surface area contributed by atoms with E-state index in [4.69, 9.17) is 4.74 Å². The Kier molecular flexibility index (Phi) is 4.60. The van der Waals surface area contributed by atoms with E-state index in [1.54, 1.807) is 30.3 Å². The number of nitrogens with zero attached hydrogens (tertiary/aromatic N) is 1. The van der Waals surface area contributed by atoms with Gasteiger partial charge in [0.05, 0.1) is 13.5 Å². The second-order valence-electron chi connectivity index (χ2n) is 6.10. The van der Waals surface area contributed by atoms with E-state index < -0.39 is 0 Å². The first-order valence-electron chi connectivity index (χ1n) is 7.99. The third-order valence-corrected chi connectivity index (χ3v) is 4.50. The van der Waals surface area contributed by atoms with Gasteiger partial charge >= 0.3 is 0 Å². The third kappa shape index (κ3) is 3.45. The molecule has 1 amide bonds. The molecular formula is C19H21NO4. The number of phenolic OH excluding ortho intramolecular Hbond substituents is 2. The fraction of sp³-hybridized carbons (Fsp3) is 0.316. The summed E-state index contributed by atoms with van der Waals surface area (Å²) in [5.74, 6) is 1.09. The van der Waals surface area contributed by atoms with Gasteiger partial charge in [-0.3, -0.25) is 4.79 Å². The van der Waals surface area contributed by atoms with Crippen molar-refractivity contribution in [2.45, 2.75) is 18.8 Å². The van der Waals surface area contributed by atoms with Crippen LogP contribution in [0.4, 0.5) is 0 Å². The van der Waals surface area contributed by atoms with Crippen LogP contribution in [0.1, 0.15) is 23.5 Å². The Labute approximate surface area is 141 Å². The number of phenols is 2. The maximum absolute atomic E-state index is 12.5. The maximum atomic E-state index is 12.5. The molecule has 1 aliphatic rings. The van der Waals surface area contributed by atoms with Gasteiger partial charge in [0.15, 0.2) is 11.5 Å². The van der Waals surface area contributed by atoms with Gasteiger partial charge in [-0.1, -0.05) is 18.2 Å². The van der Waals surface area contributed by atoms with Gasteiger partial charge < -0.3 is 19.8 Å². The Hall–Kier alpha value is -2.69. The van der Waals surface area contributed by atoms with Crippen molar-refractivity contribution in [2.75, 3.05) is 20.2 Å². The minimum Gasteiger partial charge on any atom is -0.508 e. The molecule has 0 bridgehead atoms. The maximum Gasteiger partial charge on any atom is 0.227 e. The van der Waals surface area contributed by atoms with E-state index >= 15 is 0 Å². The van der Waals surface area contributed by atoms with Crippen LogP contribution in [0.5, 0.6) is 17.2 Å². The van der Waals surface area contributed by atoms with Crippen molar-refractivity contribution in [2.24, 2.45) is 0 Å². The summed E-state index contributed by atoms with van der Waals surface area (Å²) in [6.07, 6.45) is 1.22. The Morgan fingerprint density at radius 1 is 1.21 bits per heavy atom. The summed E-state index contributed by atoms with van der Waals surface area (Å²) in [6, 6.07) is 12.2. The molecule has 0 radical (unpaired) electrons. The van der Waals surface area contributed by atoms with Gasteiger partial charge in [0.2, 0.25) is 5.91 Å².